The lowest BCUT2D eigenvalue weighted by Gasteiger charge is -2.20. The zero-order valence-corrected chi connectivity index (χ0v) is 15.1. The number of rotatable bonds is 6. The van der Waals surface area contributed by atoms with Crippen molar-refractivity contribution in [3.63, 3.8) is 0 Å². The monoisotopic (exact) mass is 366 g/mol. The highest BCUT2D eigenvalue weighted by atomic mass is 35.5. The smallest absolute Gasteiger partial charge is 0.274 e. The van der Waals surface area contributed by atoms with Crippen molar-refractivity contribution >= 4 is 29.0 Å². The van der Waals surface area contributed by atoms with Gasteiger partial charge in [0.05, 0.1) is 12.4 Å². The Morgan fingerprint density at radius 1 is 1.08 bits per heavy atom. The van der Waals surface area contributed by atoms with Gasteiger partial charge in [-0.15, -0.1) is 0 Å². The number of carbonyl (C=O) groups is 1. The third-order valence-corrected chi connectivity index (χ3v) is 4.09. The quantitative estimate of drug-likeness (QED) is 0.696. The van der Waals surface area contributed by atoms with Gasteiger partial charge in [-0.2, -0.15) is 0 Å². The lowest BCUT2D eigenvalue weighted by molar-refractivity contribution is 0.0746. The zero-order valence-electron chi connectivity index (χ0n) is 14.4. The number of hydrogen-bond donors (Lipinski definition) is 1. The van der Waals surface area contributed by atoms with Crippen LogP contribution in [-0.4, -0.2) is 27.3 Å². The Morgan fingerprint density at radius 3 is 2.54 bits per heavy atom. The fourth-order valence-corrected chi connectivity index (χ4v) is 2.70. The van der Waals surface area contributed by atoms with Crippen molar-refractivity contribution in [2.75, 3.05) is 11.9 Å². The second-order valence-corrected chi connectivity index (χ2v) is 6.16. The number of nitrogens with zero attached hydrogens (tertiary/aromatic N) is 3. The first-order valence-corrected chi connectivity index (χ1v) is 8.71. The third-order valence-electron chi connectivity index (χ3n) is 3.85. The molecule has 0 spiro atoms. The molecule has 1 amide bonds. The van der Waals surface area contributed by atoms with Crippen LogP contribution in [0.3, 0.4) is 0 Å². The second-order valence-electron chi connectivity index (χ2n) is 5.73. The SMILES string of the molecule is CCN(Cc1ccccc1)C(=O)c1cnc(Nc2cccc(Cl)c2)cn1. The molecule has 0 radical (unpaired) electrons. The molecule has 0 fully saturated rings. The summed E-state index contributed by atoms with van der Waals surface area (Å²) in [6.45, 7) is 3.08. The molecule has 1 aromatic heterocycles. The molecule has 5 nitrogen and oxygen atoms in total. The number of anilines is 2. The van der Waals surface area contributed by atoms with Crippen LogP contribution in [0, 0.1) is 0 Å². The van der Waals surface area contributed by atoms with Gasteiger partial charge in [-0.05, 0) is 30.7 Å². The number of amides is 1. The van der Waals surface area contributed by atoms with Gasteiger partial charge in [-0.25, -0.2) is 9.97 Å². The third kappa shape index (κ3) is 4.58. The molecule has 0 aliphatic rings. The molecule has 0 bridgehead atoms. The van der Waals surface area contributed by atoms with Crippen LogP contribution in [-0.2, 0) is 6.54 Å². The van der Waals surface area contributed by atoms with Gasteiger partial charge >= 0.3 is 0 Å². The summed E-state index contributed by atoms with van der Waals surface area (Å²) >= 11 is 5.97. The maximum Gasteiger partial charge on any atom is 0.274 e. The predicted molar refractivity (Wildman–Crippen MR) is 104 cm³/mol. The van der Waals surface area contributed by atoms with Crippen LogP contribution in [0.2, 0.25) is 5.02 Å². The number of hydrogen-bond acceptors (Lipinski definition) is 4. The Bertz CT molecular complexity index is 868. The van der Waals surface area contributed by atoms with Crippen LogP contribution in [0.5, 0.6) is 0 Å². The molecule has 6 heteroatoms. The number of nitrogens with one attached hydrogen (secondary N) is 1. The van der Waals surface area contributed by atoms with E-state index in [2.05, 4.69) is 15.3 Å². The predicted octanol–water partition coefficient (Wildman–Crippen LogP) is 4.54. The molecule has 132 valence electrons. The number of aromatic nitrogens is 2. The molecule has 3 aromatic rings. The summed E-state index contributed by atoms with van der Waals surface area (Å²) in [6.07, 6.45) is 3.04. The molecule has 0 saturated heterocycles. The Morgan fingerprint density at radius 2 is 1.88 bits per heavy atom. The summed E-state index contributed by atoms with van der Waals surface area (Å²) in [6, 6.07) is 17.2. The van der Waals surface area contributed by atoms with Crippen LogP contribution in [0.4, 0.5) is 11.5 Å². The van der Waals surface area contributed by atoms with E-state index in [1.165, 1.54) is 6.20 Å². The molecular formula is C20H19ClN4O. The maximum atomic E-state index is 12.7. The van der Waals surface area contributed by atoms with Crippen molar-refractivity contribution in [3.8, 4) is 0 Å². The molecule has 2 aromatic carbocycles. The van der Waals surface area contributed by atoms with Crippen LogP contribution >= 0.6 is 11.6 Å². The van der Waals surface area contributed by atoms with Gasteiger partial charge in [0.25, 0.3) is 5.91 Å². The topological polar surface area (TPSA) is 58.1 Å². The van der Waals surface area contributed by atoms with Crippen molar-refractivity contribution in [2.24, 2.45) is 0 Å². The lowest BCUT2D eigenvalue weighted by atomic mass is 10.2. The second kappa shape index (κ2) is 8.45. The van der Waals surface area contributed by atoms with E-state index in [1.807, 2.05) is 49.4 Å². The molecule has 0 aliphatic carbocycles. The molecule has 1 heterocycles. The fourth-order valence-electron chi connectivity index (χ4n) is 2.51. The zero-order chi connectivity index (χ0) is 18.4. The lowest BCUT2D eigenvalue weighted by Crippen LogP contribution is -2.31. The van der Waals surface area contributed by atoms with Gasteiger partial charge in [0.1, 0.15) is 11.5 Å². The molecule has 0 atom stereocenters. The summed E-state index contributed by atoms with van der Waals surface area (Å²) in [7, 11) is 0. The fraction of sp³-hybridized carbons (Fsp3) is 0.150. The Balaban J connectivity index is 1.69. The van der Waals surface area contributed by atoms with E-state index in [4.69, 9.17) is 11.6 Å². The van der Waals surface area contributed by atoms with Crippen molar-refractivity contribution < 1.29 is 4.79 Å². The largest absolute Gasteiger partial charge is 0.339 e. The first-order chi connectivity index (χ1) is 12.7. The highest BCUT2D eigenvalue weighted by molar-refractivity contribution is 6.30. The molecule has 3 rings (SSSR count). The average Bonchev–Trinajstić information content (AvgIpc) is 2.67. The minimum absolute atomic E-state index is 0.141. The first kappa shape index (κ1) is 17.9. The van der Waals surface area contributed by atoms with Gasteiger partial charge in [0, 0.05) is 23.8 Å². The number of halogens is 1. The van der Waals surface area contributed by atoms with Crippen molar-refractivity contribution in [3.05, 3.63) is 83.3 Å². The molecule has 1 N–H and O–H groups in total. The highest BCUT2D eigenvalue weighted by Crippen LogP contribution is 2.18. The van der Waals surface area contributed by atoms with Crippen LogP contribution in [0.25, 0.3) is 0 Å². The molecule has 0 unspecified atom stereocenters. The van der Waals surface area contributed by atoms with E-state index in [1.54, 1.807) is 23.2 Å². The summed E-state index contributed by atoms with van der Waals surface area (Å²) in [5.74, 6) is 0.410. The Labute approximate surface area is 157 Å². The highest BCUT2D eigenvalue weighted by Gasteiger charge is 2.16. The number of carbonyl (C=O) groups excluding carboxylic acids is 1. The maximum absolute atomic E-state index is 12.7. The first-order valence-electron chi connectivity index (χ1n) is 8.33. The van der Waals surface area contributed by atoms with E-state index in [-0.39, 0.29) is 5.91 Å². The van der Waals surface area contributed by atoms with Gasteiger partial charge < -0.3 is 10.2 Å². The van der Waals surface area contributed by atoms with Gasteiger partial charge in [-0.3, -0.25) is 4.79 Å². The normalized spacial score (nSPS) is 10.4. The molecule has 0 saturated carbocycles. The minimum Gasteiger partial charge on any atom is -0.339 e. The molecule has 0 aliphatic heterocycles. The minimum atomic E-state index is -0.141. The van der Waals surface area contributed by atoms with E-state index < -0.39 is 0 Å². The van der Waals surface area contributed by atoms with E-state index >= 15 is 0 Å². The summed E-state index contributed by atoms with van der Waals surface area (Å²) in [5, 5.41) is 3.74. The number of benzene rings is 2. The van der Waals surface area contributed by atoms with E-state index in [0.29, 0.717) is 29.6 Å². The summed E-state index contributed by atoms with van der Waals surface area (Å²) in [4.78, 5) is 23.0. The van der Waals surface area contributed by atoms with Crippen LogP contribution in [0.1, 0.15) is 23.0 Å². The van der Waals surface area contributed by atoms with Gasteiger partial charge in [-0.1, -0.05) is 48.0 Å². The van der Waals surface area contributed by atoms with Crippen LogP contribution < -0.4 is 5.32 Å². The van der Waals surface area contributed by atoms with Crippen LogP contribution in [0.15, 0.2) is 67.0 Å². The molecule has 26 heavy (non-hydrogen) atoms. The summed E-state index contributed by atoms with van der Waals surface area (Å²) in [5.41, 5.74) is 2.21. The standard InChI is InChI=1S/C20H19ClN4O/c1-2-25(14-15-7-4-3-5-8-15)20(26)18-12-23-19(13-22-18)24-17-10-6-9-16(21)11-17/h3-13H,2,14H2,1H3,(H,23,24). The van der Waals surface area contributed by atoms with Crippen molar-refractivity contribution in [1.82, 2.24) is 14.9 Å². The molecular weight excluding hydrogens is 348 g/mol. The Kier molecular flexibility index (Phi) is 5.81. The Hall–Kier alpha value is -2.92. The summed E-state index contributed by atoms with van der Waals surface area (Å²) < 4.78 is 0. The van der Waals surface area contributed by atoms with E-state index in [9.17, 15) is 4.79 Å². The van der Waals surface area contributed by atoms with Gasteiger partial charge in [0.2, 0.25) is 0 Å². The van der Waals surface area contributed by atoms with Crippen molar-refractivity contribution in [2.45, 2.75) is 13.5 Å². The van der Waals surface area contributed by atoms with Gasteiger partial charge in [0.15, 0.2) is 0 Å². The van der Waals surface area contributed by atoms with Crippen molar-refractivity contribution in [1.29, 1.82) is 0 Å². The average molecular weight is 367 g/mol. The van der Waals surface area contributed by atoms with E-state index in [0.717, 1.165) is 11.3 Å².